The number of hydrogen-bond donors (Lipinski definition) is 2. The van der Waals surface area contributed by atoms with Crippen LogP contribution in [0.2, 0.25) is 0 Å². The third-order valence-electron chi connectivity index (χ3n) is 4.04. The number of nitrogens with zero attached hydrogens (tertiary/aromatic N) is 1. The Kier molecular flexibility index (Phi) is 6.18. The van der Waals surface area contributed by atoms with Crippen molar-refractivity contribution in [3.05, 3.63) is 0 Å². The molecule has 6 nitrogen and oxygen atoms in total. The number of hydrogen-bond acceptors (Lipinski definition) is 3. The first-order chi connectivity index (χ1) is 9.77. The number of carbonyl (C=O) groups is 3. The van der Waals surface area contributed by atoms with Crippen molar-refractivity contribution in [2.24, 2.45) is 17.1 Å². The van der Waals surface area contributed by atoms with Gasteiger partial charge in [-0.1, -0.05) is 33.1 Å². The summed E-state index contributed by atoms with van der Waals surface area (Å²) in [5.41, 5.74) is 4.21. The molecule has 0 unspecified atom stereocenters. The zero-order valence-electron chi connectivity index (χ0n) is 12.9. The van der Waals surface area contributed by atoms with E-state index in [9.17, 15) is 19.5 Å². The number of amides is 2. The number of nitrogens with two attached hydrogens (primary N) is 1. The lowest BCUT2D eigenvalue weighted by atomic mass is 9.71. The molecule has 1 saturated carbocycles. The Hall–Kier alpha value is -1.59. The SMILES string of the molecule is CC(C)CN(CC(N)=O)C(=O)CC1(C(=O)O)CCCCC1. The summed E-state index contributed by atoms with van der Waals surface area (Å²) in [5.74, 6) is -1.57. The fraction of sp³-hybridized carbons (Fsp3) is 0.800. The van der Waals surface area contributed by atoms with E-state index in [-0.39, 0.29) is 24.8 Å². The molecule has 0 aromatic carbocycles. The van der Waals surface area contributed by atoms with Crippen LogP contribution in [0.4, 0.5) is 0 Å². The van der Waals surface area contributed by atoms with Gasteiger partial charge in [-0.3, -0.25) is 14.4 Å². The number of aliphatic carboxylic acids is 1. The molecule has 1 rings (SSSR count). The molecule has 0 spiro atoms. The third-order valence-corrected chi connectivity index (χ3v) is 4.04. The number of carboxylic acid groups (broad SMARTS) is 1. The first-order valence-electron chi connectivity index (χ1n) is 7.56. The number of carbonyl (C=O) groups excluding carboxylic acids is 2. The molecular weight excluding hydrogens is 272 g/mol. The Balaban J connectivity index is 2.81. The van der Waals surface area contributed by atoms with E-state index in [4.69, 9.17) is 5.73 Å². The maximum atomic E-state index is 12.4. The van der Waals surface area contributed by atoms with E-state index < -0.39 is 17.3 Å². The molecule has 1 aliphatic rings. The van der Waals surface area contributed by atoms with Crippen LogP contribution in [-0.2, 0) is 14.4 Å². The van der Waals surface area contributed by atoms with Crippen LogP contribution in [-0.4, -0.2) is 40.9 Å². The fourth-order valence-electron chi connectivity index (χ4n) is 2.98. The van der Waals surface area contributed by atoms with Crippen LogP contribution in [0.3, 0.4) is 0 Å². The normalized spacial score (nSPS) is 17.5. The molecule has 1 fully saturated rings. The van der Waals surface area contributed by atoms with Gasteiger partial charge in [0.05, 0.1) is 12.0 Å². The summed E-state index contributed by atoms with van der Waals surface area (Å²) in [4.78, 5) is 36.6. The Morgan fingerprint density at radius 2 is 1.76 bits per heavy atom. The number of carboxylic acids is 1. The standard InChI is InChI=1S/C15H26N2O4/c1-11(2)9-17(10-12(16)18)13(19)8-15(14(20)21)6-4-3-5-7-15/h11H,3-10H2,1-2H3,(H2,16,18)(H,20,21). The van der Waals surface area contributed by atoms with Crippen LogP contribution >= 0.6 is 0 Å². The Morgan fingerprint density at radius 1 is 1.19 bits per heavy atom. The van der Waals surface area contributed by atoms with Crippen molar-refractivity contribution in [1.29, 1.82) is 0 Å². The van der Waals surface area contributed by atoms with Gasteiger partial charge in [0.15, 0.2) is 0 Å². The van der Waals surface area contributed by atoms with E-state index in [2.05, 4.69) is 0 Å². The largest absolute Gasteiger partial charge is 0.481 e. The van der Waals surface area contributed by atoms with Gasteiger partial charge in [-0.15, -0.1) is 0 Å². The molecule has 6 heteroatoms. The highest BCUT2D eigenvalue weighted by atomic mass is 16.4. The molecule has 0 atom stereocenters. The molecule has 0 aromatic rings. The van der Waals surface area contributed by atoms with Crippen molar-refractivity contribution in [3.63, 3.8) is 0 Å². The van der Waals surface area contributed by atoms with Crippen LogP contribution in [0.1, 0.15) is 52.4 Å². The minimum Gasteiger partial charge on any atom is -0.481 e. The van der Waals surface area contributed by atoms with Crippen molar-refractivity contribution in [3.8, 4) is 0 Å². The van der Waals surface area contributed by atoms with E-state index >= 15 is 0 Å². The average Bonchev–Trinajstić information content (AvgIpc) is 2.37. The van der Waals surface area contributed by atoms with Gasteiger partial charge in [-0.05, 0) is 18.8 Å². The van der Waals surface area contributed by atoms with E-state index in [0.717, 1.165) is 19.3 Å². The highest BCUT2D eigenvalue weighted by Crippen LogP contribution is 2.40. The van der Waals surface area contributed by atoms with E-state index in [1.165, 1.54) is 4.90 Å². The lowest BCUT2D eigenvalue weighted by Crippen LogP contribution is -2.45. The maximum absolute atomic E-state index is 12.4. The van der Waals surface area contributed by atoms with Gasteiger partial charge < -0.3 is 15.7 Å². The second kappa shape index (κ2) is 7.43. The van der Waals surface area contributed by atoms with Gasteiger partial charge in [0.25, 0.3) is 0 Å². The number of rotatable bonds is 7. The molecule has 0 bridgehead atoms. The fourth-order valence-corrected chi connectivity index (χ4v) is 2.98. The topological polar surface area (TPSA) is 101 Å². The van der Waals surface area contributed by atoms with E-state index in [1.54, 1.807) is 0 Å². The van der Waals surface area contributed by atoms with Gasteiger partial charge >= 0.3 is 5.97 Å². The monoisotopic (exact) mass is 298 g/mol. The second-order valence-electron chi connectivity index (χ2n) is 6.46. The summed E-state index contributed by atoms with van der Waals surface area (Å²) in [7, 11) is 0. The van der Waals surface area contributed by atoms with E-state index in [0.29, 0.717) is 19.4 Å². The molecule has 0 saturated heterocycles. The first kappa shape index (κ1) is 17.5. The Morgan fingerprint density at radius 3 is 2.19 bits per heavy atom. The molecule has 0 radical (unpaired) electrons. The van der Waals surface area contributed by atoms with Crippen LogP contribution in [0.25, 0.3) is 0 Å². The molecular formula is C15H26N2O4. The van der Waals surface area contributed by atoms with Crippen LogP contribution < -0.4 is 5.73 Å². The summed E-state index contributed by atoms with van der Waals surface area (Å²) in [6.45, 7) is 4.15. The second-order valence-corrected chi connectivity index (χ2v) is 6.46. The minimum atomic E-state index is -0.970. The molecule has 0 heterocycles. The van der Waals surface area contributed by atoms with E-state index in [1.807, 2.05) is 13.8 Å². The number of primary amides is 1. The van der Waals surface area contributed by atoms with Crippen molar-refractivity contribution in [1.82, 2.24) is 4.90 Å². The summed E-state index contributed by atoms with van der Waals surface area (Å²) in [6.07, 6.45) is 3.70. The van der Waals surface area contributed by atoms with Gasteiger partial charge in [0, 0.05) is 13.0 Å². The van der Waals surface area contributed by atoms with Crippen LogP contribution in [0.15, 0.2) is 0 Å². The maximum Gasteiger partial charge on any atom is 0.310 e. The van der Waals surface area contributed by atoms with Crippen LogP contribution in [0, 0.1) is 11.3 Å². The third kappa shape index (κ3) is 5.02. The smallest absolute Gasteiger partial charge is 0.310 e. The van der Waals surface area contributed by atoms with Crippen molar-refractivity contribution >= 4 is 17.8 Å². The molecule has 120 valence electrons. The highest BCUT2D eigenvalue weighted by molar-refractivity contribution is 5.88. The quantitative estimate of drug-likeness (QED) is 0.741. The van der Waals surface area contributed by atoms with Gasteiger partial charge in [-0.25, -0.2) is 0 Å². The first-order valence-corrected chi connectivity index (χ1v) is 7.56. The Bertz CT molecular complexity index is 400. The minimum absolute atomic E-state index is 0.0394. The lowest BCUT2D eigenvalue weighted by molar-refractivity contribution is -0.156. The molecule has 1 aliphatic carbocycles. The Labute approximate surface area is 125 Å². The summed E-state index contributed by atoms with van der Waals surface area (Å²) in [5, 5.41) is 9.52. The average molecular weight is 298 g/mol. The molecule has 21 heavy (non-hydrogen) atoms. The summed E-state index contributed by atoms with van der Waals surface area (Å²) in [6, 6.07) is 0. The van der Waals surface area contributed by atoms with Crippen molar-refractivity contribution in [2.75, 3.05) is 13.1 Å². The summed E-state index contributed by atoms with van der Waals surface area (Å²) < 4.78 is 0. The zero-order chi connectivity index (χ0) is 16.0. The molecule has 2 amide bonds. The zero-order valence-corrected chi connectivity index (χ0v) is 12.9. The predicted molar refractivity (Wildman–Crippen MR) is 78.4 cm³/mol. The highest BCUT2D eigenvalue weighted by Gasteiger charge is 2.42. The molecule has 0 aliphatic heterocycles. The molecule has 0 aromatic heterocycles. The van der Waals surface area contributed by atoms with Gasteiger partial charge in [-0.2, -0.15) is 0 Å². The molecule has 3 N–H and O–H groups in total. The van der Waals surface area contributed by atoms with Gasteiger partial charge in [0.1, 0.15) is 0 Å². The lowest BCUT2D eigenvalue weighted by Gasteiger charge is -2.34. The van der Waals surface area contributed by atoms with Gasteiger partial charge in [0.2, 0.25) is 11.8 Å². The van der Waals surface area contributed by atoms with Crippen molar-refractivity contribution < 1.29 is 19.5 Å². The summed E-state index contributed by atoms with van der Waals surface area (Å²) >= 11 is 0. The van der Waals surface area contributed by atoms with Crippen molar-refractivity contribution in [2.45, 2.75) is 52.4 Å². The van der Waals surface area contributed by atoms with Crippen LogP contribution in [0.5, 0.6) is 0 Å². The predicted octanol–water partition coefficient (Wildman–Crippen LogP) is 1.38.